The molecule has 0 aliphatic heterocycles. The molecule has 0 heterocycles. The molecule has 0 aromatic heterocycles. The monoisotopic (exact) mass is 210 g/mol. The fraction of sp³-hybridized carbons (Fsp3) is 1.00. The van der Waals surface area contributed by atoms with Crippen LogP contribution in [0.3, 0.4) is 0 Å². The second-order valence-corrected chi connectivity index (χ2v) is 5.77. The maximum absolute atomic E-state index is 6.04. The third kappa shape index (κ3) is 2.36. The van der Waals surface area contributed by atoms with E-state index in [0.29, 0.717) is 5.54 Å². The van der Waals surface area contributed by atoms with Gasteiger partial charge in [-0.1, -0.05) is 13.3 Å². The minimum absolute atomic E-state index is 0.350. The van der Waals surface area contributed by atoms with E-state index in [1.54, 1.807) is 0 Å². The van der Waals surface area contributed by atoms with Crippen LogP contribution in [0.25, 0.3) is 0 Å². The molecule has 0 aromatic rings. The van der Waals surface area contributed by atoms with Crippen LogP contribution in [-0.2, 0) is 0 Å². The summed E-state index contributed by atoms with van der Waals surface area (Å²) in [5.41, 5.74) is 6.39. The van der Waals surface area contributed by atoms with Crippen molar-refractivity contribution in [1.29, 1.82) is 0 Å². The molecule has 0 radical (unpaired) electrons. The van der Waals surface area contributed by atoms with Crippen molar-refractivity contribution in [2.75, 3.05) is 20.1 Å². The summed E-state index contributed by atoms with van der Waals surface area (Å²) in [5.74, 6) is 1.91. The number of hydrogen-bond donors (Lipinski definition) is 1. The summed E-state index contributed by atoms with van der Waals surface area (Å²) in [4.78, 5) is 2.58. The Bertz CT molecular complexity index is 213. The maximum atomic E-state index is 6.04. The number of rotatable bonds is 5. The molecular formula is C13H26N2. The van der Waals surface area contributed by atoms with Crippen molar-refractivity contribution >= 4 is 0 Å². The summed E-state index contributed by atoms with van der Waals surface area (Å²) in [6.45, 7) is 4.46. The molecule has 2 saturated carbocycles. The Morgan fingerprint density at radius 3 is 2.47 bits per heavy atom. The zero-order chi connectivity index (χ0) is 10.9. The first-order valence-corrected chi connectivity index (χ1v) is 6.61. The van der Waals surface area contributed by atoms with Gasteiger partial charge in [-0.25, -0.2) is 0 Å². The van der Waals surface area contributed by atoms with E-state index in [2.05, 4.69) is 18.9 Å². The normalized spacial score (nSPS) is 36.4. The number of nitrogens with two attached hydrogens (primary N) is 1. The molecule has 2 aliphatic carbocycles. The molecule has 2 aliphatic rings. The summed E-state index contributed by atoms with van der Waals surface area (Å²) < 4.78 is 0. The predicted octanol–water partition coefficient (Wildman–Crippen LogP) is 2.24. The first-order valence-electron chi connectivity index (χ1n) is 6.61. The van der Waals surface area contributed by atoms with E-state index in [4.69, 9.17) is 5.73 Å². The van der Waals surface area contributed by atoms with Crippen molar-refractivity contribution in [3.8, 4) is 0 Å². The number of likely N-dealkylation sites (N-methyl/N-ethyl adjacent to an activating group) is 1. The van der Waals surface area contributed by atoms with E-state index in [1.807, 2.05) is 0 Å². The molecule has 2 fully saturated rings. The van der Waals surface area contributed by atoms with E-state index >= 15 is 0 Å². The van der Waals surface area contributed by atoms with Gasteiger partial charge in [0.2, 0.25) is 0 Å². The Kier molecular flexibility index (Phi) is 3.36. The zero-order valence-corrected chi connectivity index (χ0v) is 10.3. The lowest BCUT2D eigenvalue weighted by Gasteiger charge is -2.38. The SMILES string of the molecule is CCC1CCC(CN)(N(C)CC2CC2)C1. The molecule has 15 heavy (non-hydrogen) atoms. The van der Waals surface area contributed by atoms with Crippen LogP contribution in [0.5, 0.6) is 0 Å². The molecule has 0 saturated heterocycles. The van der Waals surface area contributed by atoms with Crippen LogP contribution in [0.2, 0.25) is 0 Å². The minimum atomic E-state index is 0.350. The van der Waals surface area contributed by atoms with Crippen molar-refractivity contribution in [2.24, 2.45) is 17.6 Å². The Hall–Kier alpha value is -0.0800. The summed E-state index contributed by atoms with van der Waals surface area (Å²) in [6.07, 6.45) is 8.28. The maximum Gasteiger partial charge on any atom is 0.0331 e. The van der Waals surface area contributed by atoms with Crippen molar-refractivity contribution in [3.63, 3.8) is 0 Å². The first kappa shape index (κ1) is 11.4. The van der Waals surface area contributed by atoms with Crippen LogP contribution in [0.4, 0.5) is 0 Å². The smallest absolute Gasteiger partial charge is 0.0331 e. The van der Waals surface area contributed by atoms with Gasteiger partial charge in [0.1, 0.15) is 0 Å². The molecule has 0 amide bonds. The van der Waals surface area contributed by atoms with E-state index in [1.165, 1.54) is 45.1 Å². The third-order valence-electron chi connectivity index (χ3n) is 4.68. The Labute approximate surface area is 94.2 Å². The quantitative estimate of drug-likeness (QED) is 0.754. The second-order valence-electron chi connectivity index (χ2n) is 5.77. The van der Waals surface area contributed by atoms with E-state index in [-0.39, 0.29) is 0 Å². The van der Waals surface area contributed by atoms with Gasteiger partial charge in [0.25, 0.3) is 0 Å². The highest BCUT2D eigenvalue weighted by atomic mass is 15.2. The van der Waals surface area contributed by atoms with Crippen molar-refractivity contribution < 1.29 is 0 Å². The summed E-state index contributed by atoms with van der Waals surface area (Å²) in [6, 6.07) is 0. The largest absolute Gasteiger partial charge is 0.329 e. The molecule has 88 valence electrons. The highest BCUT2D eigenvalue weighted by Gasteiger charge is 2.41. The van der Waals surface area contributed by atoms with Gasteiger partial charge in [0, 0.05) is 18.6 Å². The molecule has 2 rings (SSSR count). The van der Waals surface area contributed by atoms with Crippen molar-refractivity contribution in [2.45, 2.75) is 51.0 Å². The fourth-order valence-electron chi connectivity index (χ4n) is 3.13. The minimum Gasteiger partial charge on any atom is -0.329 e. The molecule has 2 atom stereocenters. The molecule has 2 nitrogen and oxygen atoms in total. The van der Waals surface area contributed by atoms with E-state index in [9.17, 15) is 0 Å². The molecule has 0 spiro atoms. The van der Waals surface area contributed by atoms with Crippen molar-refractivity contribution in [1.82, 2.24) is 4.90 Å². The van der Waals surface area contributed by atoms with Crippen molar-refractivity contribution in [3.05, 3.63) is 0 Å². The first-order chi connectivity index (χ1) is 7.20. The lowest BCUT2D eigenvalue weighted by molar-refractivity contribution is 0.121. The number of nitrogens with zero attached hydrogens (tertiary/aromatic N) is 1. The molecule has 2 unspecified atom stereocenters. The highest BCUT2D eigenvalue weighted by molar-refractivity contribution is 4.98. The highest BCUT2D eigenvalue weighted by Crippen LogP contribution is 2.41. The van der Waals surface area contributed by atoms with Crippen LogP contribution in [0, 0.1) is 11.8 Å². The van der Waals surface area contributed by atoms with Gasteiger partial charge in [0.15, 0.2) is 0 Å². The average Bonchev–Trinajstić information content (AvgIpc) is 2.96. The Balaban J connectivity index is 1.94. The summed E-state index contributed by atoms with van der Waals surface area (Å²) >= 11 is 0. The van der Waals surface area contributed by atoms with Crippen LogP contribution in [-0.4, -0.2) is 30.6 Å². The summed E-state index contributed by atoms with van der Waals surface area (Å²) in [7, 11) is 2.29. The van der Waals surface area contributed by atoms with Gasteiger partial charge in [-0.2, -0.15) is 0 Å². The van der Waals surface area contributed by atoms with Gasteiger partial charge in [-0.3, -0.25) is 4.90 Å². The zero-order valence-electron chi connectivity index (χ0n) is 10.3. The Morgan fingerprint density at radius 1 is 1.27 bits per heavy atom. The molecule has 0 aromatic carbocycles. The van der Waals surface area contributed by atoms with Gasteiger partial charge in [-0.15, -0.1) is 0 Å². The van der Waals surface area contributed by atoms with Crippen LogP contribution in [0.1, 0.15) is 45.4 Å². The number of hydrogen-bond acceptors (Lipinski definition) is 2. The summed E-state index contributed by atoms with van der Waals surface area (Å²) in [5, 5.41) is 0. The molecule has 2 N–H and O–H groups in total. The lowest BCUT2D eigenvalue weighted by atomic mass is 9.93. The van der Waals surface area contributed by atoms with Crippen LogP contribution < -0.4 is 5.73 Å². The van der Waals surface area contributed by atoms with Gasteiger partial charge < -0.3 is 5.73 Å². The molecular weight excluding hydrogens is 184 g/mol. The Morgan fingerprint density at radius 2 is 2.00 bits per heavy atom. The topological polar surface area (TPSA) is 29.3 Å². The third-order valence-corrected chi connectivity index (χ3v) is 4.68. The molecule has 2 heteroatoms. The van der Waals surface area contributed by atoms with Gasteiger partial charge in [-0.05, 0) is 51.0 Å². The van der Waals surface area contributed by atoms with Crippen LogP contribution in [0.15, 0.2) is 0 Å². The van der Waals surface area contributed by atoms with E-state index in [0.717, 1.165) is 18.4 Å². The van der Waals surface area contributed by atoms with Gasteiger partial charge in [0.05, 0.1) is 0 Å². The lowest BCUT2D eigenvalue weighted by Crippen LogP contribution is -2.51. The fourth-order valence-corrected chi connectivity index (χ4v) is 3.13. The predicted molar refractivity (Wildman–Crippen MR) is 64.8 cm³/mol. The average molecular weight is 210 g/mol. The second kappa shape index (κ2) is 4.42. The van der Waals surface area contributed by atoms with Crippen LogP contribution >= 0.6 is 0 Å². The van der Waals surface area contributed by atoms with Gasteiger partial charge >= 0.3 is 0 Å². The standard InChI is InChI=1S/C13H26N2/c1-3-11-6-7-13(8-11,10-14)15(2)9-12-4-5-12/h11-12H,3-10,14H2,1-2H3. The molecule has 0 bridgehead atoms. The van der Waals surface area contributed by atoms with E-state index < -0.39 is 0 Å².